The fourth-order valence-electron chi connectivity index (χ4n) is 2.40. The lowest BCUT2D eigenvalue weighted by molar-refractivity contribution is -0.124. The number of amides is 1. The fourth-order valence-corrected chi connectivity index (χ4v) is 2.40. The van der Waals surface area contributed by atoms with E-state index in [1.165, 1.54) is 0 Å². The van der Waals surface area contributed by atoms with Gasteiger partial charge in [0.15, 0.2) is 0 Å². The maximum absolute atomic E-state index is 11.6. The number of nitrogens with zero attached hydrogens (tertiary/aromatic N) is 1. The summed E-state index contributed by atoms with van der Waals surface area (Å²) in [6.07, 6.45) is 4.11. The highest BCUT2D eigenvalue weighted by molar-refractivity contribution is 5.78. The van der Waals surface area contributed by atoms with Crippen LogP contribution in [-0.2, 0) is 16.0 Å². The second kappa shape index (κ2) is 9.00. The molecule has 6 nitrogen and oxygen atoms in total. The van der Waals surface area contributed by atoms with E-state index in [1.54, 1.807) is 19.5 Å². The molecule has 24 heavy (non-hydrogen) atoms. The molecule has 0 spiro atoms. The van der Waals surface area contributed by atoms with Crippen molar-refractivity contribution in [3.8, 4) is 16.9 Å². The minimum absolute atomic E-state index is 0.187. The molecule has 1 atom stereocenters. The minimum atomic E-state index is -0.217. The van der Waals surface area contributed by atoms with Crippen molar-refractivity contribution in [3.63, 3.8) is 0 Å². The summed E-state index contributed by atoms with van der Waals surface area (Å²) in [7, 11) is 1.63. The van der Waals surface area contributed by atoms with Crippen molar-refractivity contribution in [2.75, 3.05) is 20.3 Å². The van der Waals surface area contributed by atoms with Gasteiger partial charge in [0.1, 0.15) is 12.4 Å². The molecule has 0 aliphatic heterocycles. The summed E-state index contributed by atoms with van der Waals surface area (Å²) in [5.41, 5.74) is 5.12. The van der Waals surface area contributed by atoms with Gasteiger partial charge in [0.05, 0.1) is 6.61 Å². The first-order chi connectivity index (χ1) is 11.7. The number of nitrogens with one attached hydrogen (secondary N) is 1. The van der Waals surface area contributed by atoms with Crippen molar-refractivity contribution in [3.05, 3.63) is 48.3 Å². The van der Waals surface area contributed by atoms with E-state index in [0.717, 1.165) is 22.4 Å². The van der Waals surface area contributed by atoms with Gasteiger partial charge in [0.2, 0.25) is 5.91 Å². The molecule has 1 unspecified atom stereocenters. The van der Waals surface area contributed by atoms with Crippen molar-refractivity contribution >= 4 is 5.91 Å². The third-order valence-electron chi connectivity index (χ3n) is 3.70. The summed E-state index contributed by atoms with van der Waals surface area (Å²) in [5, 5.41) is 0. The molecule has 0 bridgehead atoms. The molecule has 0 fully saturated rings. The van der Waals surface area contributed by atoms with Gasteiger partial charge in [0.25, 0.3) is 0 Å². The predicted molar refractivity (Wildman–Crippen MR) is 92.2 cm³/mol. The first kappa shape index (κ1) is 17.9. The second-order valence-electron chi connectivity index (χ2n) is 5.53. The molecule has 1 aromatic heterocycles. The van der Waals surface area contributed by atoms with Crippen molar-refractivity contribution in [1.82, 2.24) is 10.4 Å². The molecular weight excluding hydrogens is 306 g/mol. The molecule has 0 saturated carbocycles. The maximum atomic E-state index is 11.6. The highest BCUT2D eigenvalue weighted by Crippen LogP contribution is 2.31. The van der Waals surface area contributed by atoms with Crippen LogP contribution in [0.5, 0.6) is 5.75 Å². The average molecular weight is 329 g/mol. The van der Waals surface area contributed by atoms with Crippen LogP contribution in [0.15, 0.2) is 42.7 Å². The Balaban J connectivity index is 2.26. The Labute approximate surface area is 142 Å². The van der Waals surface area contributed by atoms with Gasteiger partial charge in [-0.2, -0.15) is 0 Å². The van der Waals surface area contributed by atoms with E-state index in [9.17, 15) is 4.79 Å². The van der Waals surface area contributed by atoms with Crippen LogP contribution in [0.3, 0.4) is 0 Å². The monoisotopic (exact) mass is 329 g/mol. The van der Waals surface area contributed by atoms with Gasteiger partial charge in [-0.3, -0.25) is 15.2 Å². The van der Waals surface area contributed by atoms with Crippen LogP contribution in [-0.4, -0.2) is 31.2 Å². The summed E-state index contributed by atoms with van der Waals surface area (Å²) in [6.45, 7) is 2.79. The summed E-state index contributed by atoms with van der Waals surface area (Å²) in [6, 6.07) is 9.80. The van der Waals surface area contributed by atoms with E-state index < -0.39 is 0 Å². The number of hydrazine groups is 1. The van der Waals surface area contributed by atoms with E-state index in [4.69, 9.17) is 15.3 Å². The van der Waals surface area contributed by atoms with Crippen LogP contribution in [0.2, 0.25) is 0 Å². The zero-order chi connectivity index (χ0) is 17.4. The van der Waals surface area contributed by atoms with Crippen LogP contribution < -0.4 is 16.0 Å². The maximum Gasteiger partial charge on any atom is 0.237 e. The number of carbonyl (C=O) groups is 1. The molecule has 1 aromatic carbocycles. The average Bonchev–Trinajstić information content (AvgIpc) is 2.62. The first-order valence-corrected chi connectivity index (χ1v) is 7.81. The van der Waals surface area contributed by atoms with Crippen LogP contribution in [0.4, 0.5) is 0 Å². The minimum Gasteiger partial charge on any atom is -0.491 e. The summed E-state index contributed by atoms with van der Waals surface area (Å²) >= 11 is 0. The third-order valence-corrected chi connectivity index (χ3v) is 3.70. The normalized spacial score (nSPS) is 11.8. The number of nitrogens with two attached hydrogens (primary N) is 1. The number of rotatable bonds is 8. The Bertz CT molecular complexity index is 662. The van der Waals surface area contributed by atoms with Crippen molar-refractivity contribution in [2.24, 2.45) is 11.8 Å². The molecule has 0 saturated heterocycles. The predicted octanol–water partition coefficient (Wildman–Crippen LogP) is 1.94. The van der Waals surface area contributed by atoms with Gasteiger partial charge in [-0.05, 0) is 24.1 Å². The Morgan fingerprint density at radius 3 is 2.83 bits per heavy atom. The van der Waals surface area contributed by atoms with Crippen molar-refractivity contribution < 1.29 is 14.3 Å². The zero-order valence-corrected chi connectivity index (χ0v) is 14.0. The number of ether oxygens (including phenoxy) is 2. The Kier molecular flexibility index (Phi) is 6.72. The number of hydrogen-bond donors (Lipinski definition) is 2. The zero-order valence-electron chi connectivity index (χ0n) is 14.0. The Morgan fingerprint density at radius 2 is 2.17 bits per heavy atom. The van der Waals surface area contributed by atoms with E-state index in [-0.39, 0.29) is 11.8 Å². The van der Waals surface area contributed by atoms with E-state index in [0.29, 0.717) is 19.6 Å². The van der Waals surface area contributed by atoms with Gasteiger partial charge in [-0.25, -0.2) is 5.84 Å². The van der Waals surface area contributed by atoms with Crippen LogP contribution in [0, 0.1) is 5.92 Å². The molecule has 0 aliphatic rings. The molecule has 128 valence electrons. The topological polar surface area (TPSA) is 86.5 Å². The lowest BCUT2D eigenvalue weighted by Crippen LogP contribution is -2.35. The number of hydrogen-bond acceptors (Lipinski definition) is 5. The van der Waals surface area contributed by atoms with Gasteiger partial charge < -0.3 is 9.47 Å². The Morgan fingerprint density at radius 1 is 1.33 bits per heavy atom. The van der Waals surface area contributed by atoms with Crippen LogP contribution in [0.25, 0.3) is 11.1 Å². The van der Waals surface area contributed by atoms with E-state index in [2.05, 4.69) is 10.4 Å². The smallest absolute Gasteiger partial charge is 0.237 e. The standard InChI is InChI=1S/C18H23N3O3/c1-13(18(22)21-19)10-14-5-6-16(15-4-3-7-20-12-15)17(11-14)24-9-8-23-2/h3-7,11-13H,8-10,19H2,1-2H3,(H,21,22). The molecule has 1 heterocycles. The first-order valence-electron chi connectivity index (χ1n) is 7.81. The van der Waals surface area contributed by atoms with Gasteiger partial charge in [0, 0.05) is 36.5 Å². The van der Waals surface area contributed by atoms with Crippen LogP contribution in [0.1, 0.15) is 12.5 Å². The fraction of sp³-hybridized carbons (Fsp3) is 0.333. The van der Waals surface area contributed by atoms with Gasteiger partial charge >= 0.3 is 0 Å². The van der Waals surface area contributed by atoms with Crippen molar-refractivity contribution in [2.45, 2.75) is 13.3 Å². The molecule has 6 heteroatoms. The highest BCUT2D eigenvalue weighted by atomic mass is 16.5. The third kappa shape index (κ3) is 4.78. The molecule has 2 aromatic rings. The van der Waals surface area contributed by atoms with Gasteiger partial charge in [-0.15, -0.1) is 0 Å². The van der Waals surface area contributed by atoms with E-state index in [1.807, 2.05) is 37.3 Å². The largest absolute Gasteiger partial charge is 0.491 e. The van der Waals surface area contributed by atoms with Gasteiger partial charge in [-0.1, -0.05) is 25.1 Å². The lowest BCUT2D eigenvalue weighted by atomic mass is 9.97. The molecule has 1 amide bonds. The van der Waals surface area contributed by atoms with E-state index >= 15 is 0 Å². The molecule has 0 radical (unpaired) electrons. The molecular formula is C18H23N3O3. The highest BCUT2D eigenvalue weighted by Gasteiger charge is 2.14. The number of benzene rings is 1. The van der Waals surface area contributed by atoms with Crippen LogP contribution >= 0.6 is 0 Å². The molecule has 2 rings (SSSR count). The number of carbonyl (C=O) groups excluding carboxylic acids is 1. The summed E-state index contributed by atoms with van der Waals surface area (Å²) < 4.78 is 10.9. The number of aromatic nitrogens is 1. The Hall–Kier alpha value is -2.44. The molecule has 0 aliphatic carbocycles. The van der Waals surface area contributed by atoms with Crippen molar-refractivity contribution in [1.29, 1.82) is 0 Å². The second-order valence-corrected chi connectivity index (χ2v) is 5.53. The molecule has 3 N–H and O–H groups in total. The summed E-state index contributed by atoms with van der Waals surface area (Å²) in [5.74, 6) is 5.54. The number of methoxy groups -OCH3 is 1. The lowest BCUT2D eigenvalue weighted by Gasteiger charge is -2.15. The SMILES string of the molecule is COCCOc1cc(CC(C)C(=O)NN)ccc1-c1cccnc1. The quantitative estimate of drug-likeness (QED) is 0.334. The number of pyridine rings is 1. The summed E-state index contributed by atoms with van der Waals surface area (Å²) in [4.78, 5) is 15.8.